The number of aromatic nitrogens is 1. The van der Waals surface area contributed by atoms with E-state index in [9.17, 15) is 13.2 Å². The SMILES string of the molecule is Cc1cccc2ccc(NC(=O)[C@@H]3CC3c3ccc(S(=O)(=O)Nc4ccc(CN(C)C)cn4)cc3)cc12. The molecule has 1 saturated carbocycles. The van der Waals surface area contributed by atoms with Crippen LogP contribution in [0.5, 0.6) is 0 Å². The van der Waals surface area contributed by atoms with Gasteiger partial charge in [0.2, 0.25) is 5.91 Å². The van der Waals surface area contributed by atoms with Gasteiger partial charge in [-0.25, -0.2) is 13.4 Å². The predicted molar refractivity (Wildman–Crippen MR) is 147 cm³/mol. The number of carbonyl (C=O) groups is 1. The van der Waals surface area contributed by atoms with Crippen molar-refractivity contribution in [3.63, 3.8) is 0 Å². The number of sulfonamides is 1. The van der Waals surface area contributed by atoms with Gasteiger partial charge in [-0.1, -0.05) is 42.5 Å². The van der Waals surface area contributed by atoms with E-state index in [1.54, 1.807) is 36.5 Å². The highest BCUT2D eigenvalue weighted by molar-refractivity contribution is 7.92. The van der Waals surface area contributed by atoms with Gasteiger partial charge in [0.15, 0.2) is 0 Å². The summed E-state index contributed by atoms with van der Waals surface area (Å²) in [5.74, 6) is 0.213. The molecular weight excluding hydrogens is 484 g/mol. The Morgan fingerprint density at radius 1 is 1.03 bits per heavy atom. The van der Waals surface area contributed by atoms with E-state index >= 15 is 0 Å². The van der Waals surface area contributed by atoms with Crippen LogP contribution in [0.3, 0.4) is 0 Å². The van der Waals surface area contributed by atoms with Crippen LogP contribution in [0.25, 0.3) is 10.8 Å². The van der Waals surface area contributed by atoms with E-state index in [1.165, 1.54) is 5.56 Å². The van der Waals surface area contributed by atoms with E-state index in [1.807, 2.05) is 49.3 Å². The van der Waals surface area contributed by atoms with Crippen LogP contribution in [0, 0.1) is 12.8 Å². The molecule has 0 saturated heterocycles. The lowest BCUT2D eigenvalue weighted by molar-refractivity contribution is -0.117. The lowest BCUT2D eigenvalue weighted by Gasteiger charge is -2.11. The van der Waals surface area contributed by atoms with E-state index in [0.717, 1.165) is 40.6 Å². The average molecular weight is 515 g/mol. The number of hydrogen-bond donors (Lipinski definition) is 2. The normalized spacial score (nSPS) is 17.1. The molecule has 1 aromatic heterocycles. The highest BCUT2D eigenvalue weighted by Crippen LogP contribution is 2.48. The molecule has 0 bridgehead atoms. The van der Waals surface area contributed by atoms with Crippen molar-refractivity contribution in [2.75, 3.05) is 24.1 Å². The van der Waals surface area contributed by atoms with Crippen molar-refractivity contribution in [1.82, 2.24) is 9.88 Å². The van der Waals surface area contributed by atoms with Crippen molar-refractivity contribution in [3.05, 3.63) is 95.7 Å². The number of aryl methyl sites for hydroxylation is 1. The first-order valence-electron chi connectivity index (χ1n) is 12.2. The van der Waals surface area contributed by atoms with Gasteiger partial charge in [-0.2, -0.15) is 0 Å². The molecule has 0 spiro atoms. The number of amides is 1. The number of fused-ring (bicyclic) bond motifs is 1. The molecule has 1 fully saturated rings. The van der Waals surface area contributed by atoms with E-state index in [0.29, 0.717) is 0 Å². The summed E-state index contributed by atoms with van der Waals surface area (Å²) < 4.78 is 28.2. The summed E-state index contributed by atoms with van der Waals surface area (Å²) in [4.78, 5) is 19.3. The lowest BCUT2D eigenvalue weighted by atomic mass is 10.0. The summed E-state index contributed by atoms with van der Waals surface area (Å²) in [5.41, 5.74) is 3.91. The first-order chi connectivity index (χ1) is 17.7. The van der Waals surface area contributed by atoms with Crippen LogP contribution in [0.1, 0.15) is 29.0 Å². The summed E-state index contributed by atoms with van der Waals surface area (Å²) in [5, 5.41) is 5.31. The van der Waals surface area contributed by atoms with Crippen LogP contribution in [0.2, 0.25) is 0 Å². The minimum atomic E-state index is -3.77. The molecule has 2 atom stereocenters. The molecule has 7 nitrogen and oxygen atoms in total. The van der Waals surface area contributed by atoms with E-state index < -0.39 is 10.0 Å². The largest absolute Gasteiger partial charge is 0.326 e. The van der Waals surface area contributed by atoms with Gasteiger partial charge in [0.1, 0.15) is 5.82 Å². The molecule has 1 unspecified atom stereocenters. The molecule has 1 amide bonds. The second-order valence-corrected chi connectivity index (χ2v) is 11.6. The van der Waals surface area contributed by atoms with Gasteiger partial charge in [-0.3, -0.25) is 9.52 Å². The van der Waals surface area contributed by atoms with Gasteiger partial charge in [0, 0.05) is 24.3 Å². The highest BCUT2D eigenvalue weighted by atomic mass is 32.2. The summed E-state index contributed by atoms with van der Waals surface area (Å²) in [6, 6.07) is 22.4. The highest BCUT2D eigenvalue weighted by Gasteiger charge is 2.44. The molecule has 0 aliphatic heterocycles. The summed E-state index contributed by atoms with van der Waals surface area (Å²) >= 11 is 0. The van der Waals surface area contributed by atoms with Gasteiger partial charge < -0.3 is 10.2 Å². The Bertz CT molecular complexity index is 1550. The summed E-state index contributed by atoms with van der Waals surface area (Å²) in [6.07, 6.45) is 2.41. The first kappa shape index (κ1) is 24.9. The Morgan fingerprint density at radius 3 is 2.51 bits per heavy atom. The quantitative estimate of drug-likeness (QED) is 0.339. The molecule has 8 heteroatoms. The number of hydrogen-bond acceptors (Lipinski definition) is 5. The fourth-order valence-corrected chi connectivity index (χ4v) is 5.64. The van der Waals surface area contributed by atoms with Crippen molar-refractivity contribution >= 4 is 38.2 Å². The van der Waals surface area contributed by atoms with E-state index in [4.69, 9.17) is 0 Å². The van der Waals surface area contributed by atoms with Crippen molar-refractivity contribution < 1.29 is 13.2 Å². The Balaban J connectivity index is 1.21. The zero-order chi connectivity index (χ0) is 26.2. The van der Waals surface area contributed by atoms with Gasteiger partial charge in [0.05, 0.1) is 4.90 Å². The minimum absolute atomic E-state index is 0.0138. The van der Waals surface area contributed by atoms with Crippen LogP contribution in [-0.2, 0) is 21.4 Å². The molecule has 1 aliphatic rings. The number of nitrogens with one attached hydrogen (secondary N) is 2. The monoisotopic (exact) mass is 514 g/mol. The molecule has 3 aromatic carbocycles. The maximum atomic E-state index is 12.9. The van der Waals surface area contributed by atoms with Crippen molar-refractivity contribution in [1.29, 1.82) is 0 Å². The van der Waals surface area contributed by atoms with Gasteiger partial charge >= 0.3 is 0 Å². The van der Waals surface area contributed by atoms with E-state index in [2.05, 4.69) is 34.1 Å². The third kappa shape index (κ3) is 5.65. The molecule has 2 N–H and O–H groups in total. The van der Waals surface area contributed by atoms with Crippen LogP contribution >= 0.6 is 0 Å². The minimum Gasteiger partial charge on any atom is -0.326 e. The van der Waals surface area contributed by atoms with E-state index in [-0.39, 0.29) is 28.5 Å². The van der Waals surface area contributed by atoms with Crippen molar-refractivity contribution in [2.45, 2.75) is 30.7 Å². The zero-order valence-electron chi connectivity index (χ0n) is 21.1. The second kappa shape index (κ2) is 9.95. The fourth-order valence-electron chi connectivity index (χ4n) is 4.63. The topological polar surface area (TPSA) is 91.4 Å². The molecule has 190 valence electrons. The van der Waals surface area contributed by atoms with Crippen LogP contribution in [-0.4, -0.2) is 38.3 Å². The molecule has 1 heterocycles. The third-order valence-electron chi connectivity index (χ3n) is 6.68. The van der Waals surface area contributed by atoms with Crippen molar-refractivity contribution in [2.24, 2.45) is 5.92 Å². The average Bonchev–Trinajstić information content (AvgIpc) is 3.67. The summed E-state index contributed by atoms with van der Waals surface area (Å²) in [7, 11) is 0.155. The Morgan fingerprint density at radius 2 is 1.81 bits per heavy atom. The number of benzene rings is 3. The van der Waals surface area contributed by atoms with Crippen LogP contribution in [0.15, 0.2) is 83.9 Å². The summed E-state index contributed by atoms with van der Waals surface area (Å²) in [6.45, 7) is 2.78. The Labute approximate surface area is 217 Å². The number of anilines is 2. The lowest BCUT2D eigenvalue weighted by Crippen LogP contribution is -2.15. The third-order valence-corrected chi connectivity index (χ3v) is 8.05. The smallest absolute Gasteiger partial charge is 0.263 e. The Kier molecular flexibility index (Phi) is 6.70. The molecule has 37 heavy (non-hydrogen) atoms. The second-order valence-electron chi connectivity index (χ2n) is 9.91. The molecule has 1 aliphatic carbocycles. The Hall–Kier alpha value is -3.75. The standard InChI is InChI=1S/C29H30N4O3S/c1-19-5-4-6-21-8-11-23(15-25(19)21)31-29(34)27-16-26(27)22-9-12-24(13-10-22)37(35,36)32-28-14-7-20(17-30-28)18-33(2)3/h4-15,17,26-27H,16,18H2,1-3H3,(H,30,32)(H,31,34)/t26?,27-/m1/s1. The van der Waals surface area contributed by atoms with Crippen molar-refractivity contribution in [3.8, 4) is 0 Å². The number of pyridine rings is 1. The fraction of sp³-hybridized carbons (Fsp3) is 0.241. The van der Waals surface area contributed by atoms with Gasteiger partial charge in [-0.05, 0) is 91.2 Å². The van der Waals surface area contributed by atoms with Gasteiger partial charge in [0.25, 0.3) is 10.0 Å². The zero-order valence-corrected chi connectivity index (χ0v) is 21.9. The van der Waals surface area contributed by atoms with Crippen LogP contribution < -0.4 is 10.0 Å². The maximum Gasteiger partial charge on any atom is 0.263 e. The maximum absolute atomic E-state index is 12.9. The molecule has 5 rings (SSSR count). The number of carbonyl (C=O) groups excluding carboxylic acids is 1. The number of rotatable bonds is 8. The van der Waals surface area contributed by atoms with Gasteiger partial charge in [-0.15, -0.1) is 0 Å². The number of nitrogens with zero attached hydrogens (tertiary/aromatic N) is 2. The first-order valence-corrected chi connectivity index (χ1v) is 13.7. The van der Waals surface area contributed by atoms with Crippen LogP contribution in [0.4, 0.5) is 11.5 Å². The molecule has 0 radical (unpaired) electrons. The predicted octanol–water partition coefficient (Wildman–Crippen LogP) is 5.15. The molecular formula is C29H30N4O3S. The molecule has 4 aromatic rings.